The lowest BCUT2D eigenvalue weighted by Gasteiger charge is -2.35. The Balaban J connectivity index is 1.78. The summed E-state index contributed by atoms with van der Waals surface area (Å²) in [5.41, 5.74) is 5.93. The zero-order valence-electron chi connectivity index (χ0n) is 9.49. The highest BCUT2D eigenvalue weighted by atomic mass is 14.6. The van der Waals surface area contributed by atoms with Crippen LogP contribution in [0.25, 0.3) is 0 Å². The van der Waals surface area contributed by atoms with E-state index < -0.39 is 0 Å². The van der Waals surface area contributed by atoms with Crippen molar-refractivity contribution < 1.29 is 0 Å². The molecule has 2 nitrogen and oxygen atoms in total. The molecule has 0 bridgehead atoms. The van der Waals surface area contributed by atoms with E-state index in [9.17, 15) is 0 Å². The van der Waals surface area contributed by atoms with Crippen LogP contribution >= 0.6 is 0 Å². The van der Waals surface area contributed by atoms with Crippen molar-refractivity contribution in [1.82, 2.24) is 0 Å². The Bertz CT molecular complexity index is 227. The normalized spacial score (nSPS) is 42.1. The molecule has 0 spiro atoms. The molecule has 15 heavy (non-hydrogen) atoms. The summed E-state index contributed by atoms with van der Waals surface area (Å²) in [6.45, 7) is 0. The third-order valence-electron chi connectivity index (χ3n) is 4.44. The minimum atomic E-state index is 0.354. The average Bonchev–Trinajstić information content (AvgIpc) is 2.30. The Morgan fingerprint density at radius 1 is 0.800 bits per heavy atom. The summed E-state index contributed by atoms with van der Waals surface area (Å²) in [6.07, 6.45) is 9.99. The Labute approximate surface area is 92.8 Å². The van der Waals surface area contributed by atoms with Crippen molar-refractivity contribution in [2.75, 3.05) is 0 Å². The molecule has 0 heterocycles. The molecule has 2 fully saturated rings. The highest BCUT2D eigenvalue weighted by Crippen LogP contribution is 2.39. The summed E-state index contributed by atoms with van der Waals surface area (Å²) < 4.78 is 0. The van der Waals surface area contributed by atoms with E-state index in [2.05, 4.69) is 6.07 Å². The molecule has 2 N–H and O–H groups in total. The van der Waals surface area contributed by atoms with Gasteiger partial charge in [0.15, 0.2) is 0 Å². The summed E-state index contributed by atoms with van der Waals surface area (Å²) in [5.74, 6) is 2.18. The van der Waals surface area contributed by atoms with Crippen LogP contribution < -0.4 is 5.73 Å². The zero-order valence-corrected chi connectivity index (χ0v) is 9.49. The second-order valence-electron chi connectivity index (χ2n) is 5.42. The van der Waals surface area contributed by atoms with Crippen LogP contribution in [-0.2, 0) is 0 Å². The average molecular weight is 206 g/mol. The standard InChI is InChI=1S/C13H22N2/c14-9-10-1-3-11(4-2-10)12-5-7-13(15)8-6-12/h10-13H,1-8,15H2. The summed E-state index contributed by atoms with van der Waals surface area (Å²) >= 11 is 0. The van der Waals surface area contributed by atoms with Crippen LogP contribution in [0, 0.1) is 29.1 Å². The zero-order chi connectivity index (χ0) is 10.7. The van der Waals surface area contributed by atoms with Crippen LogP contribution in [-0.4, -0.2) is 6.04 Å². The first-order chi connectivity index (χ1) is 7.29. The maximum Gasteiger partial charge on any atom is 0.0655 e. The van der Waals surface area contributed by atoms with Crippen molar-refractivity contribution in [3.63, 3.8) is 0 Å². The second-order valence-corrected chi connectivity index (χ2v) is 5.42. The molecular weight excluding hydrogens is 184 g/mol. The lowest BCUT2D eigenvalue weighted by molar-refractivity contribution is 0.173. The van der Waals surface area contributed by atoms with Gasteiger partial charge in [0.25, 0.3) is 0 Å². The summed E-state index contributed by atoms with van der Waals surface area (Å²) in [5, 5.41) is 8.86. The van der Waals surface area contributed by atoms with Crippen LogP contribution in [0.4, 0.5) is 0 Å². The van der Waals surface area contributed by atoms with Crippen molar-refractivity contribution in [2.24, 2.45) is 23.5 Å². The smallest absolute Gasteiger partial charge is 0.0655 e. The summed E-state index contributed by atoms with van der Waals surface area (Å²) in [7, 11) is 0. The van der Waals surface area contributed by atoms with Crippen molar-refractivity contribution >= 4 is 0 Å². The third kappa shape index (κ3) is 2.72. The van der Waals surface area contributed by atoms with Gasteiger partial charge in [0.05, 0.1) is 6.07 Å². The molecule has 0 aromatic carbocycles. The second kappa shape index (κ2) is 4.99. The van der Waals surface area contributed by atoms with Crippen LogP contribution in [0.3, 0.4) is 0 Å². The van der Waals surface area contributed by atoms with Crippen molar-refractivity contribution in [3.8, 4) is 6.07 Å². The predicted molar refractivity (Wildman–Crippen MR) is 61.0 cm³/mol. The van der Waals surface area contributed by atoms with Gasteiger partial charge in [-0.3, -0.25) is 0 Å². The molecule has 0 aromatic rings. The van der Waals surface area contributed by atoms with Gasteiger partial charge in [0.1, 0.15) is 0 Å². The van der Waals surface area contributed by atoms with Gasteiger partial charge in [0, 0.05) is 12.0 Å². The van der Waals surface area contributed by atoms with E-state index in [-0.39, 0.29) is 0 Å². The fraction of sp³-hybridized carbons (Fsp3) is 0.923. The SMILES string of the molecule is N#CC1CCC(C2CCC(N)CC2)CC1. The molecular formula is C13H22N2. The number of hydrogen-bond acceptors (Lipinski definition) is 2. The number of nitrogens with zero attached hydrogens (tertiary/aromatic N) is 1. The molecule has 0 unspecified atom stereocenters. The molecule has 84 valence electrons. The molecule has 2 saturated carbocycles. The number of nitrogens with two attached hydrogens (primary N) is 1. The Morgan fingerprint density at radius 2 is 1.27 bits per heavy atom. The molecule has 0 radical (unpaired) electrons. The number of nitriles is 1. The lowest BCUT2D eigenvalue weighted by atomic mass is 9.70. The molecule has 2 rings (SSSR count). The molecule has 0 aliphatic heterocycles. The fourth-order valence-corrected chi connectivity index (χ4v) is 3.34. The molecule has 0 atom stereocenters. The van der Waals surface area contributed by atoms with Gasteiger partial charge in [-0.15, -0.1) is 0 Å². The summed E-state index contributed by atoms with van der Waals surface area (Å²) in [4.78, 5) is 0. The first-order valence-corrected chi connectivity index (χ1v) is 6.44. The molecule has 0 aromatic heterocycles. The van der Waals surface area contributed by atoms with E-state index in [1.165, 1.54) is 38.5 Å². The molecule has 2 heteroatoms. The quantitative estimate of drug-likeness (QED) is 0.717. The van der Waals surface area contributed by atoms with Gasteiger partial charge in [0.2, 0.25) is 0 Å². The molecule has 0 saturated heterocycles. The highest BCUT2D eigenvalue weighted by Gasteiger charge is 2.29. The van der Waals surface area contributed by atoms with Crippen LogP contribution in [0.1, 0.15) is 51.4 Å². The monoisotopic (exact) mass is 206 g/mol. The Kier molecular flexibility index (Phi) is 3.64. The van der Waals surface area contributed by atoms with Crippen LogP contribution in [0.15, 0.2) is 0 Å². The van der Waals surface area contributed by atoms with Gasteiger partial charge in [-0.25, -0.2) is 0 Å². The van der Waals surface area contributed by atoms with Crippen LogP contribution in [0.5, 0.6) is 0 Å². The lowest BCUT2D eigenvalue weighted by Crippen LogP contribution is -2.31. The predicted octanol–water partition coefficient (Wildman–Crippen LogP) is 2.83. The minimum Gasteiger partial charge on any atom is -0.328 e. The van der Waals surface area contributed by atoms with Crippen LogP contribution in [0.2, 0.25) is 0 Å². The van der Waals surface area contributed by atoms with Gasteiger partial charge < -0.3 is 5.73 Å². The van der Waals surface area contributed by atoms with Gasteiger partial charge in [-0.1, -0.05) is 0 Å². The molecule has 2 aliphatic rings. The topological polar surface area (TPSA) is 49.8 Å². The maximum atomic E-state index is 8.86. The maximum absolute atomic E-state index is 8.86. The van der Waals surface area contributed by atoms with E-state index in [1.807, 2.05) is 0 Å². The third-order valence-corrected chi connectivity index (χ3v) is 4.44. The largest absolute Gasteiger partial charge is 0.328 e. The van der Waals surface area contributed by atoms with E-state index >= 15 is 0 Å². The number of rotatable bonds is 1. The highest BCUT2D eigenvalue weighted by molar-refractivity contribution is 4.89. The van der Waals surface area contributed by atoms with E-state index in [4.69, 9.17) is 11.0 Å². The van der Waals surface area contributed by atoms with Gasteiger partial charge >= 0.3 is 0 Å². The van der Waals surface area contributed by atoms with E-state index in [1.54, 1.807) is 0 Å². The van der Waals surface area contributed by atoms with E-state index in [0.717, 1.165) is 24.7 Å². The van der Waals surface area contributed by atoms with Crippen molar-refractivity contribution in [2.45, 2.75) is 57.4 Å². The van der Waals surface area contributed by atoms with Gasteiger partial charge in [-0.2, -0.15) is 5.26 Å². The van der Waals surface area contributed by atoms with Crippen molar-refractivity contribution in [3.05, 3.63) is 0 Å². The van der Waals surface area contributed by atoms with Crippen molar-refractivity contribution in [1.29, 1.82) is 5.26 Å². The fourth-order valence-electron chi connectivity index (χ4n) is 3.34. The van der Waals surface area contributed by atoms with E-state index in [0.29, 0.717) is 12.0 Å². The first-order valence-electron chi connectivity index (χ1n) is 6.44. The molecule has 0 amide bonds. The minimum absolute atomic E-state index is 0.354. The summed E-state index contributed by atoms with van der Waals surface area (Å²) in [6, 6.07) is 2.88. The first kappa shape index (κ1) is 11.0. The molecule has 2 aliphatic carbocycles. The Morgan fingerprint density at radius 3 is 1.73 bits per heavy atom. The number of hydrogen-bond donors (Lipinski definition) is 1. The Hall–Kier alpha value is -0.550. The van der Waals surface area contributed by atoms with Gasteiger partial charge in [-0.05, 0) is 63.2 Å².